The maximum atomic E-state index is 13.8. The van der Waals surface area contributed by atoms with Gasteiger partial charge >= 0.3 is 6.16 Å². The fourth-order valence-electron chi connectivity index (χ4n) is 6.71. The van der Waals surface area contributed by atoms with Crippen LogP contribution in [-0.4, -0.2) is 104 Å². The van der Waals surface area contributed by atoms with Gasteiger partial charge in [-0.1, -0.05) is 24.1 Å². The van der Waals surface area contributed by atoms with Gasteiger partial charge in [-0.05, 0) is 127 Å². The van der Waals surface area contributed by atoms with Crippen LogP contribution in [0.4, 0.5) is 4.79 Å². The molecule has 1 fully saturated rings. The number of fused-ring (bicyclic) bond motifs is 3. The van der Waals surface area contributed by atoms with Crippen LogP contribution in [-0.2, 0) is 38.1 Å². The largest absolute Gasteiger partial charge is 0.533 e. The minimum atomic E-state index is -1.22. The van der Waals surface area contributed by atoms with E-state index < -0.39 is 35.0 Å². The number of hydroxylamine groups is 2. The van der Waals surface area contributed by atoms with Gasteiger partial charge in [0.1, 0.15) is 6.61 Å². The van der Waals surface area contributed by atoms with Gasteiger partial charge in [0.05, 0.1) is 23.4 Å². The van der Waals surface area contributed by atoms with Crippen molar-refractivity contribution in [3.63, 3.8) is 0 Å². The Kier molecular flexibility index (Phi) is 15.6. The number of hydrogen-bond acceptors (Lipinski definition) is 11. The zero-order chi connectivity index (χ0) is 42.9. The fraction of sp³-hybridized carbons (Fsp3) is 0.614. The quantitative estimate of drug-likeness (QED) is 0.0942. The van der Waals surface area contributed by atoms with Crippen LogP contribution >= 0.6 is 0 Å². The van der Waals surface area contributed by atoms with Crippen molar-refractivity contribution in [3.8, 4) is 11.1 Å². The van der Waals surface area contributed by atoms with E-state index in [0.29, 0.717) is 72.9 Å². The Bertz CT molecular complexity index is 1790. The number of rotatable bonds is 22. The molecule has 0 radical (unpaired) electrons. The normalized spacial score (nSPS) is 16.4. The van der Waals surface area contributed by atoms with Crippen molar-refractivity contribution < 1.29 is 52.5 Å². The summed E-state index contributed by atoms with van der Waals surface area (Å²) in [5, 5.41) is 6.62. The van der Waals surface area contributed by atoms with Crippen molar-refractivity contribution in [2.75, 3.05) is 47.2 Å². The molecule has 0 spiro atoms. The van der Waals surface area contributed by atoms with Gasteiger partial charge in [-0.25, -0.2) is 4.79 Å². The second-order valence-corrected chi connectivity index (χ2v) is 17.2. The van der Waals surface area contributed by atoms with E-state index in [1.165, 1.54) is 0 Å². The van der Waals surface area contributed by atoms with E-state index in [4.69, 9.17) is 28.5 Å². The molecule has 1 aliphatic carbocycles. The lowest BCUT2D eigenvalue weighted by Crippen LogP contribution is -2.46. The standard InChI is InChI=1S/C44H63N3O11/c1-11-44(8,21-25-57-43(6,7)19-23-53-9)46-39(51)30-13-15-32-31-14-12-29(38(50)45-22-18-42(4,5)56-24-20-41(2,3)54-10)26-33(31)35(34(32)27-30)28-55-40(52)58-47-36(48)16-17-37(47)49/h12-15,26-27,35H,11,16-25,28H2,1-10H3,(H,45,50)(H,46,51). The number of ether oxygens (including phenoxy) is 5. The fourth-order valence-corrected chi connectivity index (χ4v) is 6.71. The van der Waals surface area contributed by atoms with E-state index >= 15 is 0 Å². The third-order valence-electron chi connectivity index (χ3n) is 11.2. The topological polar surface area (TPSA) is 168 Å². The zero-order valence-corrected chi connectivity index (χ0v) is 36.0. The SMILES string of the molecule is CCC(C)(CCOC(C)(C)CCOC)NC(=O)c1ccc2c(c1)C(COC(=O)ON1C(=O)CCC1=O)c1cc(C(=O)NCCC(C)(C)OCCC(C)(C)OC)ccc1-2. The number of amides is 4. The minimum absolute atomic E-state index is 0.0566. The van der Waals surface area contributed by atoms with Gasteiger partial charge in [0, 0.05) is 69.4 Å². The molecule has 1 aliphatic heterocycles. The molecule has 4 amide bonds. The lowest BCUT2D eigenvalue weighted by atomic mass is 9.93. The Morgan fingerprint density at radius 3 is 1.81 bits per heavy atom. The first kappa shape index (κ1) is 46.3. The molecule has 1 heterocycles. The lowest BCUT2D eigenvalue weighted by Gasteiger charge is -2.32. The minimum Gasteiger partial charge on any atom is -0.432 e. The van der Waals surface area contributed by atoms with E-state index in [1.54, 1.807) is 38.5 Å². The highest BCUT2D eigenvalue weighted by molar-refractivity contribution is 6.01. The average molecular weight is 810 g/mol. The summed E-state index contributed by atoms with van der Waals surface area (Å²) < 4.78 is 28.5. The van der Waals surface area contributed by atoms with Crippen LogP contribution in [0.1, 0.15) is 138 Å². The molecule has 1 saturated heterocycles. The van der Waals surface area contributed by atoms with E-state index in [1.807, 2.05) is 67.5 Å². The Morgan fingerprint density at radius 1 is 0.724 bits per heavy atom. The number of carbonyl (C=O) groups is 5. The predicted molar refractivity (Wildman–Crippen MR) is 217 cm³/mol. The molecular weight excluding hydrogens is 746 g/mol. The van der Waals surface area contributed by atoms with Crippen molar-refractivity contribution in [2.45, 2.75) is 129 Å². The Hall–Kier alpha value is -4.37. The number of methoxy groups -OCH3 is 2. The van der Waals surface area contributed by atoms with E-state index in [-0.39, 0.29) is 42.5 Å². The second-order valence-electron chi connectivity index (χ2n) is 17.2. The molecule has 2 unspecified atom stereocenters. The summed E-state index contributed by atoms with van der Waals surface area (Å²) in [7, 11) is 3.33. The highest BCUT2D eigenvalue weighted by Crippen LogP contribution is 2.46. The molecule has 4 rings (SSSR count). The van der Waals surface area contributed by atoms with E-state index in [2.05, 4.69) is 10.6 Å². The summed E-state index contributed by atoms with van der Waals surface area (Å²) in [4.78, 5) is 69.2. The second kappa shape index (κ2) is 19.6. The Balaban J connectivity index is 1.51. The summed E-state index contributed by atoms with van der Waals surface area (Å²) in [6.45, 7) is 17.7. The zero-order valence-electron chi connectivity index (χ0n) is 36.0. The first-order chi connectivity index (χ1) is 27.2. The molecule has 2 aliphatic rings. The molecule has 0 saturated carbocycles. The van der Waals surface area contributed by atoms with Crippen molar-refractivity contribution in [3.05, 3.63) is 58.7 Å². The van der Waals surface area contributed by atoms with Crippen LogP contribution in [0.2, 0.25) is 0 Å². The molecular formula is C44H63N3O11. The summed E-state index contributed by atoms with van der Waals surface area (Å²) >= 11 is 0. The average Bonchev–Trinajstić information content (AvgIpc) is 3.66. The number of nitrogens with zero attached hydrogens (tertiary/aromatic N) is 1. The van der Waals surface area contributed by atoms with Crippen molar-refractivity contribution in [1.29, 1.82) is 0 Å². The van der Waals surface area contributed by atoms with Crippen LogP contribution in [0, 0.1) is 0 Å². The van der Waals surface area contributed by atoms with Crippen LogP contribution in [0.3, 0.4) is 0 Å². The van der Waals surface area contributed by atoms with Crippen LogP contribution in [0.25, 0.3) is 11.1 Å². The monoisotopic (exact) mass is 809 g/mol. The van der Waals surface area contributed by atoms with Crippen LogP contribution in [0.15, 0.2) is 36.4 Å². The van der Waals surface area contributed by atoms with Crippen molar-refractivity contribution in [1.82, 2.24) is 15.7 Å². The highest BCUT2D eigenvalue weighted by atomic mass is 16.8. The van der Waals surface area contributed by atoms with Gasteiger partial charge in [0.15, 0.2) is 0 Å². The first-order valence-electron chi connectivity index (χ1n) is 20.1. The van der Waals surface area contributed by atoms with E-state index in [0.717, 1.165) is 24.0 Å². The molecule has 58 heavy (non-hydrogen) atoms. The maximum Gasteiger partial charge on any atom is 0.533 e. The van der Waals surface area contributed by atoms with Crippen LogP contribution < -0.4 is 10.6 Å². The number of nitrogens with one attached hydrogen (secondary N) is 2. The van der Waals surface area contributed by atoms with Gasteiger partial charge < -0.3 is 34.3 Å². The molecule has 2 aromatic carbocycles. The third-order valence-corrected chi connectivity index (χ3v) is 11.2. The molecule has 0 aromatic heterocycles. The van der Waals surface area contributed by atoms with Crippen LogP contribution in [0.5, 0.6) is 0 Å². The molecule has 14 heteroatoms. The third kappa shape index (κ3) is 12.6. The van der Waals surface area contributed by atoms with Gasteiger partial charge in [0.2, 0.25) is 0 Å². The van der Waals surface area contributed by atoms with Crippen molar-refractivity contribution in [2.24, 2.45) is 0 Å². The Morgan fingerprint density at radius 2 is 1.26 bits per heavy atom. The van der Waals surface area contributed by atoms with Gasteiger partial charge in [-0.15, -0.1) is 0 Å². The summed E-state index contributed by atoms with van der Waals surface area (Å²) in [6.07, 6.45) is 1.96. The number of hydrogen-bond donors (Lipinski definition) is 2. The smallest absolute Gasteiger partial charge is 0.432 e. The summed E-state index contributed by atoms with van der Waals surface area (Å²) in [6, 6.07) is 10.7. The first-order valence-corrected chi connectivity index (χ1v) is 20.1. The predicted octanol–water partition coefficient (Wildman–Crippen LogP) is 6.87. The molecule has 320 valence electrons. The molecule has 2 aromatic rings. The maximum absolute atomic E-state index is 13.8. The summed E-state index contributed by atoms with van der Waals surface area (Å²) in [5.74, 6) is -2.43. The van der Waals surface area contributed by atoms with Gasteiger partial charge in [-0.2, -0.15) is 0 Å². The number of benzene rings is 2. The number of carbonyl (C=O) groups excluding carboxylic acids is 5. The highest BCUT2D eigenvalue weighted by Gasteiger charge is 2.36. The van der Waals surface area contributed by atoms with Crippen molar-refractivity contribution >= 4 is 29.8 Å². The molecule has 2 N–H and O–H groups in total. The Labute approximate surface area is 342 Å². The molecule has 14 nitrogen and oxygen atoms in total. The molecule has 2 atom stereocenters. The molecule has 0 bridgehead atoms. The number of imide groups is 1. The summed E-state index contributed by atoms with van der Waals surface area (Å²) in [5.41, 5.74) is 2.13. The lowest BCUT2D eigenvalue weighted by molar-refractivity contribution is -0.177. The van der Waals surface area contributed by atoms with Gasteiger partial charge in [-0.3, -0.25) is 24.0 Å². The van der Waals surface area contributed by atoms with Gasteiger partial charge in [0.25, 0.3) is 23.6 Å². The van der Waals surface area contributed by atoms with E-state index in [9.17, 15) is 24.0 Å².